The van der Waals surface area contributed by atoms with Crippen LogP contribution in [-0.2, 0) is 18.2 Å². The maximum absolute atomic E-state index is 9.93. The second kappa shape index (κ2) is 4.67. The van der Waals surface area contributed by atoms with Crippen LogP contribution in [0.3, 0.4) is 0 Å². The van der Waals surface area contributed by atoms with Gasteiger partial charge in [0.05, 0.1) is 18.8 Å². The maximum atomic E-state index is 9.93. The first kappa shape index (κ1) is 12.1. The van der Waals surface area contributed by atoms with Crippen molar-refractivity contribution in [2.75, 3.05) is 6.61 Å². The van der Waals surface area contributed by atoms with E-state index in [0.29, 0.717) is 18.9 Å². The third-order valence-corrected chi connectivity index (χ3v) is 2.24. The molecular formula is C9H18N4O2. The van der Waals surface area contributed by atoms with E-state index in [-0.39, 0.29) is 0 Å². The number of aromatic nitrogens is 4. The van der Waals surface area contributed by atoms with Crippen LogP contribution < -0.4 is 0 Å². The summed E-state index contributed by atoms with van der Waals surface area (Å²) in [5.74, 6) is 0.526. The molecule has 1 N–H and O–H groups in total. The van der Waals surface area contributed by atoms with E-state index in [0.717, 1.165) is 0 Å². The third-order valence-electron chi connectivity index (χ3n) is 2.24. The number of rotatable bonds is 5. The van der Waals surface area contributed by atoms with Gasteiger partial charge in [0.25, 0.3) is 0 Å². The van der Waals surface area contributed by atoms with Crippen molar-refractivity contribution in [1.82, 2.24) is 20.2 Å². The van der Waals surface area contributed by atoms with E-state index < -0.39 is 11.7 Å². The molecule has 1 heterocycles. The van der Waals surface area contributed by atoms with E-state index in [1.54, 1.807) is 7.05 Å². The van der Waals surface area contributed by atoms with E-state index in [1.807, 2.05) is 20.8 Å². The van der Waals surface area contributed by atoms with E-state index in [1.165, 1.54) is 4.80 Å². The van der Waals surface area contributed by atoms with Gasteiger partial charge in [-0.05, 0) is 26.0 Å². The molecule has 0 spiro atoms. The standard InChI is InChI=1S/C9H18N4O2/c1-5-15-9(2,3)7(14)6-8-10-12-13(4)11-8/h7,14H,5-6H2,1-4H3. The molecule has 0 bridgehead atoms. The van der Waals surface area contributed by atoms with Gasteiger partial charge in [-0.1, -0.05) is 0 Å². The number of tetrazole rings is 1. The predicted octanol–water partition coefficient (Wildman–Crippen LogP) is -0.0714. The van der Waals surface area contributed by atoms with Crippen molar-refractivity contribution in [3.63, 3.8) is 0 Å². The molecular weight excluding hydrogens is 196 g/mol. The summed E-state index contributed by atoms with van der Waals surface area (Å²) >= 11 is 0. The number of aliphatic hydroxyl groups excluding tert-OH is 1. The molecule has 1 unspecified atom stereocenters. The SMILES string of the molecule is CCOC(C)(C)C(O)Cc1nnn(C)n1. The molecule has 15 heavy (non-hydrogen) atoms. The van der Waals surface area contributed by atoms with Crippen LogP contribution in [0, 0.1) is 0 Å². The summed E-state index contributed by atoms with van der Waals surface area (Å²) < 4.78 is 5.44. The van der Waals surface area contributed by atoms with Crippen molar-refractivity contribution in [3.05, 3.63) is 5.82 Å². The van der Waals surface area contributed by atoms with Crippen LogP contribution in [0.2, 0.25) is 0 Å². The van der Waals surface area contributed by atoms with Gasteiger partial charge in [0.1, 0.15) is 0 Å². The molecule has 1 aromatic rings. The predicted molar refractivity (Wildman–Crippen MR) is 54.2 cm³/mol. The Balaban J connectivity index is 2.58. The minimum atomic E-state index is -0.637. The first-order chi connectivity index (χ1) is 6.95. The van der Waals surface area contributed by atoms with E-state index >= 15 is 0 Å². The van der Waals surface area contributed by atoms with Gasteiger partial charge in [-0.25, -0.2) is 0 Å². The molecule has 0 fully saturated rings. The van der Waals surface area contributed by atoms with Crippen molar-refractivity contribution < 1.29 is 9.84 Å². The van der Waals surface area contributed by atoms with Crippen LogP contribution in [0.1, 0.15) is 26.6 Å². The first-order valence-corrected chi connectivity index (χ1v) is 5.00. The Hall–Kier alpha value is -1.01. The molecule has 0 aliphatic heterocycles. The van der Waals surface area contributed by atoms with Crippen LogP contribution >= 0.6 is 0 Å². The molecule has 0 aliphatic carbocycles. The van der Waals surface area contributed by atoms with Crippen molar-refractivity contribution in [2.45, 2.75) is 38.9 Å². The van der Waals surface area contributed by atoms with Gasteiger partial charge in [-0.3, -0.25) is 0 Å². The second-order valence-corrected chi connectivity index (χ2v) is 3.95. The highest BCUT2D eigenvalue weighted by Crippen LogP contribution is 2.17. The fourth-order valence-electron chi connectivity index (χ4n) is 1.29. The van der Waals surface area contributed by atoms with Gasteiger partial charge < -0.3 is 9.84 Å². The Kier molecular flexibility index (Phi) is 3.76. The summed E-state index contributed by atoms with van der Waals surface area (Å²) in [5.41, 5.74) is -0.589. The van der Waals surface area contributed by atoms with Gasteiger partial charge in [0.2, 0.25) is 0 Å². The zero-order valence-corrected chi connectivity index (χ0v) is 9.64. The molecule has 0 radical (unpaired) electrons. The lowest BCUT2D eigenvalue weighted by Crippen LogP contribution is -2.40. The van der Waals surface area contributed by atoms with Crippen LogP contribution in [0.15, 0.2) is 0 Å². The highest BCUT2D eigenvalue weighted by atomic mass is 16.5. The number of aliphatic hydroxyl groups is 1. The molecule has 86 valence electrons. The number of aryl methyl sites for hydroxylation is 1. The molecule has 1 rings (SSSR count). The average Bonchev–Trinajstić information content (AvgIpc) is 2.51. The quantitative estimate of drug-likeness (QED) is 0.742. The van der Waals surface area contributed by atoms with E-state index in [2.05, 4.69) is 15.4 Å². The Labute approximate surface area is 89.2 Å². The summed E-state index contributed by atoms with van der Waals surface area (Å²) in [4.78, 5) is 1.37. The first-order valence-electron chi connectivity index (χ1n) is 5.00. The number of ether oxygens (including phenoxy) is 1. The zero-order valence-electron chi connectivity index (χ0n) is 9.64. The summed E-state index contributed by atoms with van der Waals surface area (Å²) in [7, 11) is 1.69. The highest BCUT2D eigenvalue weighted by molar-refractivity contribution is 4.89. The molecule has 6 heteroatoms. The van der Waals surface area contributed by atoms with Crippen LogP contribution in [0.4, 0.5) is 0 Å². The smallest absolute Gasteiger partial charge is 0.177 e. The maximum Gasteiger partial charge on any atom is 0.177 e. The monoisotopic (exact) mass is 214 g/mol. The summed E-state index contributed by atoms with van der Waals surface area (Å²) in [6, 6.07) is 0. The zero-order chi connectivity index (χ0) is 11.5. The van der Waals surface area contributed by atoms with Gasteiger partial charge >= 0.3 is 0 Å². The lowest BCUT2D eigenvalue weighted by molar-refractivity contribution is -0.0961. The topological polar surface area (TPSA) is 73.1 Å². The molecule has 6 nitrogen and oxygen atoms in total. The third kappa shape index (κ3) is 3.24. The molecule has 0 saturated carbocycles. The van der Waals surface area contributed by atoms with Crippen molar-refractivity contribution in [1.29, 1.82) is 0 Å². The van der Waals surface area contributed by atoms with Gasteiger partial charge in [0.15, 0.2) is 5.82 Å². The minimum Gasteiger partial charge on any atom is -0.390 e. The normalized spacial score (nSPS) is 14.2. The largest absolute Gasteiger partial charge is 0.390 e. The van der Waals surface area contributed by atoms with Crippen molar-refractivity contribution >= 4 is 0 Å². The van der Waals surface area contributed by atoms with Crippen LogP contribution in [0.5, 0.6) is 0 Å². The summed E-state index contributed by atoms with van der Waals surface area (Å²) in [5, 5.41) is 21.4. The Morgan fingerprint density at radius 2 is 2.20 bits per heavy atom. The summed E-state index contributed by atoms with van der Waals surface area (Å²) in [6.45, 7) is 6.15. The number of nitrogens with zero attached hydrogens (tertiary/aromatic N) is 4. The molecule has 0 aliphatic rings. The number of hydrogen-bond acceptors (Lipinski definition) is 5. The van der Waals surface area contributed by atoms with Crippen molar-refractivity contribution in [2.24, 2.45) is 7.05 Å². The summed E-state index contributed by atoms with van der Waals surface area (Å²) in [6.07, 6.45) is -0.289. The van der Waals surface area contributed by atoms with Crippen LogP contribution in [0.25, 0.3) is 0 Å². The lowest BCUT2D eigenvalue weighted by Gasteiger charge is -2.29. The van der Waals surface area contributed by atoms with Gasteiger partial charge in [0, 0.05) is 13.0 Å². The average molecular weight is 214 g/mol. The fraction of sp³-hybridized carbons (Fsp3) is 0.889. The van der Waals surface area contributed by atoms with Gasteiger partial charge in [-0.2, -0.15) is 4.80 Å². The number of hydrogen-bond donors (Lipinski definition) is 1. The lowest BCUT2D eigenvalue weighted by atomic mass is 9.98. The highest BCUT2D eigenvalue weighted by Gasteiger charge is 2.29. The fourth-order valence-corrected chi connectivity index (χ4v) is 1.29. The second-order valence-electron chi connectivity index (χ2n) is 3.95. The Bertz CT molecular complexity index is 311. The molecule has 0 aromatic carbocycles. The molecule has 0 saturated heterocycles. The van der Waals surface area contributed by atoms with E-state index in [4.69, 9.17) is 4.74 Å². The van der Waals surface area contributed by atoms with Crippen molar-refractivity contribution in [3.8, 4) is 0 Å². The van der Waals surface area contributed by atoms with Crippen LogP contribution in [-0.4, -0.2) is 43.6 Å². The minimum absolute atomic E-state index is 0.348. The molecule has 1 atom stereocenters. The molecule has 1 aromatic heterocycles. The Morgan fingerprint density at radius 1 is 1.53 bits per heavy atom. The Morgan fingerprint density at radius 3 is 2.67 bits per heavy atom. The van der Waals surface area contributed by atoms with Gasteiger partial charge in [-0.15, -0.1) is 10.2 Å². The molecule has 0 amide bonds. The van der Waals surface area contributed by atoms with E-state index in [9.17, 15) is 5.11 Å².